The number of aliphatic hydroxyl groups excluding tert-OH is 1. The van der Waals surface area contributed by atoms with Gasteiger partial charge in [0.05, 0.1) is 43.5 Å². The van der Waals surface area contributed by atoms with Crippen LogP contribution in [0.1, 0.15) is 36.1 Å². The summed E-state index contributed by atoms with van der Waals surface area (Å²) in [5.41, 5.74) is 2.74. The smallest absolute Gasteiger partial charge is 0.302 e. The number of nitrogens with one attached hydrogen (secondary N) is 1. The van der Waals surface area contributed by atoms with E-state index >= 15 is 0 Å². The fourth-order valence-electron chi connectivity index (χ4n) is 4.67. The number of aromatic nitrogens is 3. The predicted molar refractivity (Wildman–Crippen MR) is 145 cm³/mol. The molecule has 10 heteroatoms. The molecule has 1 fully saturated rings. The number of carbonyl (C=O) groups is 2. The SMILES string of the molecule is CCCOc1ccc(/C(O)=C2\C(=O)C(=O)N(c3nc4cc(OC)c(OC)cc4[nH]3)C2c2cccnc2)cc1C. The molecule has 2 aromatic carbocycles. The van der Waals surface area contributed by atoms with Crippen LogP contribution in [0.25, 0.3) is 16.8 Å². The fourth-order valence-corrected chi connectivity index (χ4v) is 4.67. The number of imidazole rings is 1. The lowest BCUT2D eigenvalue weighted by molar-refractivity contribution is -0.132. The van der Waals surface area contributed by atoms with E-state index in [0.29, 0.717) is 46.0 Å². The molecule has 200 valence electrons. The molecule has 10 nitrogen and oxygen atoms in total. The van der Waals surface area contributed by atoms with Gasteiger partial charge in [-0.05, 0) is 48.7 Å². The van der Waals surface area contributed by atoms with Crippen molar-refractivity contribution in [3.8, 4) is 17.2 Å². The number of nitrogens with zero attached hydrogens (tertiary/aromatic N) is 3. The van der Waals surface area contributed by atoms with E-state index in [2.05, 4.69) is 15.0 Å². The third-order valence-electron chi connectivity index (χ3n) is 6.56. The molecule has 5 rings (SSSR count). The van der Waals surface area contributed by atoms with E-state index in [4.69, 9.17) is 14.2 Å². The minimum absolute atomic E-state index is 0.0646. The maximum absolute atomic E-state index is 13.5. The van der Waals surface area contributed by atoms with E-state index in [1.165, 1.54) is 19.1 Å². The number of ketones is 1. The van der Waals surface area contributed by atoms with Gasteiger partial charge >= 0.3 is 5.91 Å². The minimum atomic E-state index is -0.973. The number of pyridine rings is 1. The average Bonchev–Trinajstić information content (AvgIpc) is 3.48. The summed E-state index contributed by atoms with van der Waals surface area (Å²) in [6, 6.07) is 11.0. The van der Waals surface area contributed by atoms with E-state index in [0.717, 1.165) is 12.0 Å². The maximum Gasteiger partial charge on any atom is 0.302 e. The normalized spacial score (nSPS) is 16.6. The lowest BCUT2D eigenvalue weighted by Crippen LogP contribution is -2.30. The third-order valence-corrected chi connectivity index (χ3v) is 6.56. The zero-order valence-electron chi connectivity index (χ0n) is 22.0. The summed E-state index contributed by atoms with van der Waals surface area (Å²) in [6.07, 6.45) is 4.00. The number of hydrogen-bond acceptors (Lipinski definition) is 8. The minimum Gasteiger partial charge on any atom is -0.507 e. The summed E-state index contributed by atoms with van der Waals surface area (Å²) >= 11 is 0. The van der Waals surface area contributed by atoms with Crippen LogP contribution in [0.2, 0.25) is 0 Å². The van der Waals surface area contributed by atoms with Crippen molar-refractivity contribution in [1.29, 1.82) is 0 Å². The van der Waals surface area contributed by atoms with Gasteiger partial charge in [0.1, 0.15) is 11.5 Å². The van der Waals surface area contributed by atoms with Crippen molar-refractivity contribution in [1.82, 2.24) is 15.0 Å². The molecule has 39 heavy (non-hydrogen) atoms. The number of aryl methyl sites for hydroxylation is 1. The van der Waals surface area contributed by atoms with Crippen LogP contribution in [0.3, 0.4) is 0 Å². The molecule has 1 unspecified atom stereocenters. The number of carbonyl (C=O) groups excluding carboxylic acids is 2. The van der Waals surface area contributed by atoms with Crippen LogP contribution < -0.4 is 19.1 Å². The molecular weight excluding hydrogens is 500 g/mol. The number of methoxy groups -OCH3 is 2. The number of H-pyrrole nitrogens is 1. The Morgan fingerprint density at radius 1 is 1.08 bits per heavy atom. The van der Waals surface area contributed by atoms with Crippen LogP contribution in [0, 0.1) is 6.92 Å². The first-order valence-electron chi connectivity index (χ1n) is 12.4. The highest BCUT2D eigenvalue weighted by Crippen LogP contribution is 2.42. The molecular formula is C29H28N4O6. The van der Waals surface area contributed by atoms with Gasteiger partial charge in [0, 0.05) is 30.1 Å². The highest BCUT2D eigenvalue weighted by atomic mass is 16.5. The van der Waals surface area contributed by atoms with Gasteiger partial charge in [0.15, 0.2) is 11.5 Å². The molecule has 0 radical (unpaired) electrons. The van der Waals surface area contributed by atoms with Crippen molar-refractivity contribution in [2.24, 2.45) is 0 Å². The van der Waals surface area contributed by atoms with E-state index in [1.807, 2.05) is 13.8 Å². The Hall–Kier alpha value is -4.86. The Bertz CT molecular complexity index is 1550. The Balaban J connectivity index is 1.66. The lowest BCUT2D eigenvalue weighted by atomic mass is 9.96. The molecule has 0 bridgehead atoms. The first-order chi connectivity index (χ1) is 18.9. The molecule has 0 saturated carbocycles. The van der Waals surface area contributed by atoms with Crippen LogP contribution in [-0.2, 0) is 9.59 Å². The Kier molecular flexibility index (Phi) is 6.93. The number of fused-ring (bicyclic) bond motifs is 1. The number of rotatable bonds is 8. The van der Waals surface area contributed by atoms with Gasteiger partial charge in [0.2, 0.25) is 5.95 Å². The molecule has 3 heterocycles. The van der Waals surface area contributed by atoms with Gasteiger partial charge in [-0.15, -0.1) is 0 Å². The maximum atomic E-state index is 13.5. The van der Waals surface area contributed by atoms with Crippen LogP contribution >= 0.6 is 0 Å². The first kappa shape index (κ1) is 25.8. The van der Waals surface area contributed by atoms with Crippen molar-refractivity contribution in [3.63, 3.8) is 0 Å². The molecule has 1 aliphatic rings. The van der Waals surface area contributed by atoms with Gasteiger partial charge < -0.3 is 24.3 Å². The quantitative estimate of drug-likeness (QED) is 0.191. The number of amides is 1. The van der Waals surface area contributed by atoms with Gasteiger partial charge in [-0.3, -0.25) is 19.5 Å². The van der Waals surface area contributed by atoms with E-state index in [9.17, 15) is 14.7 Å². The molecule has 2 aromatic heterocycles. The molecule has 2 N–H and O–H groups in total. The van der Waals surface area contributed by atoms with Crippen LogP contribution in [0.4, 0.5) is 5.95 Å². The standard InChI is InChI=1S/C29H28N4O6/c1-5-11-39-21-9-8-17(12-16(21)2)26(34)24-25(18-7-6-10-30-15-18)33(28(36)27(24)35)29-31-19-13-22(37-3)23(38-4)14-20(19)32-29/h6-10,12-15,25,34H,5,11H2,1-4H3,(H,31,32)/b26-24+. The highest BCUT2D eigenvalue weighted by molar-refractivity contribution is 6.51. The lowest BCUT2D eigenvalue weighted by Gasteiger charge is -2.22. The first-order valence-corrected chi connectivity index (χ1v) is 12.4. The Morgan fingerprint density at radius 3 is 2.51 bits per heavy atom. The van der Waals surface area contributed by atoms with Gasteiger partial charge in [-0.25, -0.2) is 4.98 Å². The summed E-state index contributed by atoms with van der Waals surface area (Å²) in [6.45, 7) is 4.44. The van der Waals surface area contributed by atoms with Crippen LogP contribution in [-0.4, -0.2) is 52.6 Å². The summed E-state index contributed by atoms with van der Waals surface area (Å²) in [7, 11) is 3.04. The number of benzene rings is 2. The Labute approximate surface area is 224 Å². The zero-order valence-corrected chi connectivity index (χ0v) is 22.0. The number of Topliss-reactive ketones (excluding diaryl/α,β-unsaturated/α-hetero) is 1. The fraction of sp³-hybridized carbons (Fsp3) is 0.241. The van der Waals surface area contributed by atoms with Gasteiger partial charge in [-0.1, -0.05) is 13.0 Å². The number of aromatic amines is 1. The summed E-state index contributed by atoms with van der Waals surface area (Å²) in [4.78, 5) is 40.1. The molecule has 0 aliphatic carbocycles. The van der Waals surface area contributed by atoms with Crippen LogP contribution in [0.15, 0.2) is 60.4 Å². The van der Waals surface area contributed by atoms with Crippen molar-refractivity contribution in [2.75, 3.05) is 25.7 Å². The number of anilines is 1. The van der Waals surface area contributed by atoms with E-state index in [-0.39, 0.29) is 17.3 Å². The van der Waals surface area contributed by atoms with Gasteiger partial charge in [-0.2, -0.15) is 0 Å². The van der Waals surface area contributed by atoms with Crippen LogP contribution in [0.5, 0.6) is 17.2 Å². The predicted octanol–water partition coefficient (Wildman–Crippen LogP) is 4.70. The number of ether oxygens (including phenoxy) is 3. The topological polar surface area (TPSA) is 127 Å². The summed E-state index contributed by atoms with van der Waals surface area (Å²) < 4.78 is 16.5. The van der Waals surface area contributed by atoms with E-state index in [1.54, 1.807) is 54.9 Å². The van der Waals surface area contributed by atoms with E-state index < -0.39 is 17.7 Å². The molecule has 1 aliphatic heterocycles. The highest BCUT2D eigenvalue weighted by Gasteiger charge is 2.48. The monoisotopic (exact) mass is 528 g/mol. The number of hydrogen-bond donors (Lipinski definition) is 2. The number of aliphatic hydroxyl groups is 1. The molecule has 1 amide bonds. The second kappa shape index (κ2) is 10.5. The van der Waals surface area contributed by atoms with Gasteiger partial charge in [0.25, 0.3) is 5.78 Å². The second-order valence-electron chi connectivity index (χ2n) is 9.07. The molecule has 1 atom stereocenters. The van der Waals surface area contributed by atoms with Crippen molar-refractivity contribution in [2.45, 2.75) is 26.3 Å². The zero-order chi connectivity index (χ0) is 27.7. The van der Waals surface area contributed by atoms with Crippen molar-refractivity contribution >= 4 is 34.4 Å². The second-order valence-corrected chi connectivity index (χ2v) is 9.07. The third kappa shape index (κ3) is 4.54. The van der Waals surface area contributed by atoms with Crippen molar-refractivity contribution in [3.05, 3.63) is 77.1 Å². The summed E-state index contributed by atoms with van der Waals surface area (Å²) in [5.74, 6) is -0.192. The molecule has 4 aromatic rings. The van der Waals surface area contributed by atoms with Crippen molar-refractivity contribution < 1.29 is 28.9 Å². The summed E-state index contributed by atoms with van der Waals surface area (Å²) in [5, 5.41) is 11.4. The Morgan fingerprint density at radius 2 is 1.85 bits per heavy atom. The molecule has 1 saturated heterocycles. The molecule has 0 spiro atoms. The largest absolute Gasteiger partial charge is 0.507 e. The average molecular weight is 529 g/mol.